The summed E-state index contributed by atoms with van der Waals surface area (Å²) in [5.41, 5.74) is 0.541. The molecule has 1 aromatic carbocycles. The van der Waals surface area contributed by atoms with Crippen molar-refractivity contribution in [2.45, 2.75) is 44.3 Å². The van der Waals surface area contributed by atoms with Gasteiger partial charge in [0.05, 0.1) is 11.6 Å². The van der Waals surface area contributed by atoms with E-state index < -0.39 is 11.9 Å². The van der Waals surface area contributed by atoms with Crippen molar-refractivity contribution in [3.05, 3.63) is 35.1 Å². The first-order valence-electron chi connectivity index (χ1n) is 8.12. The predicted octanol–water partition coefficient (Wildman–Crippen LogP) is 1.65. The highest BCUT2D eigenvalue weighted by Crippen LogP contribution is 2.22. The van der Waals surface area contributed by atoms with Crippen molar-refractivity contribution < 1.29 is 14.0 Å². The largest absolute Gasteiger partial charge is 0.352 e. The minimum absolute atomic E-state index is 0.0177. The SMILES string of the molecule is N#Cc1ccc(CNC(=O)N2CCC[C@@H]2C(=O)NC2CC2)c(F)c1. The molecule has 3 rings (SSSR count). The van der Waals surface area contributed by atoms with Gasteiger partial charge in [-0.2, -0.15) is 5.26 Å². The van der Waals surface area contributed by atoms with Crippen LogP contribution in [0.5, 0.6) is 0 Å². The number of benzene rings is 1. The number of carbonyl (C=O) groups excluding carboxylic acids is 2. The number of nitrogens with one attached hydrogen (secondary N) is 2. The van der Waals surface area contributed by atoms with Crippen LogP contribution in [0, 0.1) is 17.1 Å². The van der Waals surface area contributed by atoms with E-state index in [4.69, 9.17) is 5.26 Å². The molecule has 1 saturated carbocycles. The number of hydrogen-bond donors (Lipinski definition) is 2. The molecule has 2 N–H and O–H groups in total. The maximum absolute atomic E-state index is 13.8. The molecule has 1 atom stereocenters. The lowest BCUT2D eigenvalue weighted by molar-refractivity contribution is -0.124. The van der Waals surface area contributed by atoms with Gasteiger partial charge in [0, 0.05) is 24.7 Å². The monoisotopic (exact) mass is 330 g/mol. The standard InChI is InChI=1S/C17H19FN4O2/c18-14-8-11(9-19)3-4-12(14)10-20-17(24)22-7-1-2-15(22)16(23)21-13-5-6-13/h3-4,8,13,15H,1-2,5-7,10H2,(H,20,24)(H,21,23)/t15-/m1/s1. The number of nitriles is 1. The van der Waals surface area contributed by atoms with Crippen molar-refractivity contribution in [1.82, 2.24) is 15.5 Å². The summed E-state index contributed by atoms with van der Waals surface area (Å²) in [6.45, 7) is 0.536. The highest BCUT2D eigenvalue weighted by molar-refractivity contribution is 5.88. The van der Waals surface area contributed by atoms with Crippen LogP contribution in [0.2, 0.25) is 0 Å². The van der Waals surface area contributed by atoms with E-state index in [-0.39, 0.29) is 30.1 Å². The van der Waals surface area contributed by atoms with Crippen LogP contribution >= 0.6 is 0 Å². The van der Waals surface area contributed by atoms with Crippen LogP contribution < -0.4 is 10.6 Å². The molecule has 126 valence electrons. The van der Waals surface area contributed by atoms with Crippen molar-refractivity contribution in [1.29, 1.82) is 5.26 Å². The topological polar surface area (TPSA) is 85.2 Å². The molecule has 1 aliphatic carbocycles. The van der Waals surface area contributed by atoms with Crippen LogP contribution in [-0.4, -0.2) is 35.5 Å². The van der Waals surface area contributed by atoms with Crippen molar-refractivity contribution >= 4 is 11.9 Å². The Hall–Kier alpha value is -2.62. The van der Waals surface area contributed by atoms with Gasteiger partial charge in [0.2, 0.25) is 5.91 Å². The van der Waals surface area contributed by atoms with Crippen molar-refractivity contribution in [3.8, 4) is 6.07 Å². The average Bonchev–Trinajstić information content (AvgIpc) is 3.25. The number of nitrogens with zero attached hydrogens (tertiary/aromatic N) is 2. The van der Waals surface area contributed by atoms with E-state index in [1.807, 2.05) is 6.07 Å². The van der Waals surface area contributed by atoms with Gasteiger partial charge < -0.3 is 15.5 Å². The average molecular weight is 330 g/mol. The molecule has 0 spiro atoms. The van der Waals surface area contributed by atoms with Crippen LogP contribution in [-0.2, 0) is 11.3 Å². The molecule has 3 amide bonds. The van der Waals surface area contributed by atoms with Crippen LogP contribution in [0.15, 0.2) is 18.2 Å². The van der Waals surface area contributed by atoms with Gasteiger partial charge in [0.25, 0.3) is 0 Å². The van der Waals surface area contributed by atoms with Gasteiger partial charge in [0.1, 0.15) is 11.9 Å². The van der Waals surface area contributed by atoms with Gasteiger partial charge in [-0.15, -0.1) is 0 Å². The van der Waals surface area contributed by atoms with Gasteiger partial charge in [-0.1, -0.05) is 6.07 Å². The van der Waals surface area contributed by atoms with Crippen LogP contribution in [0.25, 0.3) is 0 Å². The normalized spacial score (nSPS) is 19.7. The van der Waals surface area contributed by atoms with Crippen LogP contribution in [0.4, 0.5) is 9.18 Å². The molecule has 1 saturated heterocycles. The summed E-state index contributed by atoms with van der Waals surface area (Å²) in [5.74, 6) is -0.631. The molecule has 1 aliphatic heterocycles. The summed E-state index contributed by atoms with van der Waals surface area (Å²) in [6.07, 6.45) is 3.43. The van der Waals surface area contributed by atoms with Crippen molar-refractivity contribution in [2.24, 2.45) is 0 Å². The molecular formula is C17H19FN4O2. The second kappa shape index (κ2) is 6.87. The smallest absolute Gasteiger partial charge is 0.318 e. The van der Waals surface area contributed by atoms with E-state index in [1.165, 1.54) is 17.0 Å². The third-order valence-electron chi connectivity index (χ3n) is 4.35. The zero-order chi connectivity index (χ0) is 17.1. The summed E-state index contributed by atoms with van der Waals surface area (Å²) in [7, 11) is 0. The maximum Gasteiger partial charge on any atom is 0.318 e. The van der Waals surface area contributed by atoms with E-state index in [2.05, 4.69) is 10.6 Å². The Morgan fingerprint density at radius 3 is 2.79 bits per heavy atom. The fourth-order valence-corrected chi connectivity index (χ4v) is 2.84. The number of urea groups is 1. The summed E-state index contributed by atoms with van der Waals surface area (Å²) in [4.78, 5) is 26.0. The van der Waals surface area contributed by atoms with Gasteiger partial charge in [-0.05, 0) is 37.8 Å². The molecule has 1 heterocycles. The van der Waals surface area contributed by atoms with E-state index in [0.29, 0.717) is 18.5 Å². The lowest BCUT2D eigenvalue weighted by Crippen LogP contribution is -2.49. The number of halogens is 1. The van der Waals surface area contributed by atoms with E-state index in [0.717, 1.165) is 25.3 Å². The van der Waals surface area contributed by atoms with E-state index in [9.17, 15) is 14.0 Å². The minimum atomic E-state index is -0.529. The first-order valence-corrected chi connectivity index (χ1v) is 8.12. The molecule has 0 bridgehead atoms. The highest BCUT2D eigenvalue weighted by atomic mass is 19.1. The fraction of sp³-hybridized carbons (Fsp3) is 0.471. The summed E-state index contributed by atoms with van der Waals surface area (Å²) in [5, 5.41) is 14.3. The van der Waals surface area contributed by atoms with E-state index >= 15 is 0 Å². The Kier molecular flexibility index (Phi) is 4.65. The summed E-state index contributed by atoms with van der Waals surface area (Å²) in [6, 6.07) is 5.44. The molecule has 24 heavy (non-hydrogen) atoms. The molecule has 2 aliphatic rings. The maximum atomic E-state index is 13.8. The third-order valence-corrected chi connectivity index (χ3v) is 4.35. The molecular weight excluding hydrogens is 311 g/mol. The number of likely N-dealkylation sites (tertiary alicyclic amines) is 1. The molecule has 0 aromatic heterocycles. The lowest BCUT2D eigenvalue weighted by atomic mass is 10.1. The quantitative estimate of drug-likeness (QED) is 0.880. The Balaban J connectivity index is 1.57. The lowest BCUT2D eigenvalue weighted by Gasteiger charge is -2.24. The zero-order valence-corrected chi connectivity index (χ0v) is 13.2. The highest BCUT2D eigenvalue weighted by Gasteiger charge is 2.36. The van der Waals surface area contributed by atoms with Gasteiger partial charge in [0.15, 0.2) is 0 Å². The molecule has 6 nitrogen and oxygen atoms in total. The van der Waals surface area contributed by atoms with E-state index in [1.54, 1.807) is 0 Å². The predicted molar refractivity (Wildman–Crippen MR) is 84.2 cm³/mol. The fourth-order valence-electron chi connectivity index (χ4n) is 2.84. The number of hydrogen-bond acceptors (Lipinski definition) is 3. The summed E-state index contributed by atoms with van der Waals surface area (Å²) >= 11 is 0. The molecule has 7 heteroatoms. The molecule has 0 radical (unpaired) electrons. The Labute approximate surface area is 139 Å². The Morgan fingerprint density at radius 2 is 2.12 bits per heavy atom. The first kappa shape index (κ1) is 16.2. The number of rotatable bonds is 4. The van der Waals surface area contributed by atoms with Gasteiger partial charge in [-0.25, -0.2) is 9.18 Å². The molecule has 0 unspecified atom stereocenters. The molecule has 2 fully saturated rings. The minimum Gasteiger partial charge on any atom is -0.352 e. The zero-order valence-electron chi connectivity index (χ0n) is 13.2. The van der Waals surface area contributed by atoms with Gasteiger partial charge in [-0.3, -0.25) is 4.79 Å². The van der Waals surface area contributed by atoms with Crippen LogP contribution in [0.1, 0.15) is 36.8 Å². The Morgan fingerprint density at radius 1 is 1.33 bits per heavy atom. The van der Waals surface area contributed by atoms with Crippen molar-refractivity contribution in [2.75, 3.05) is 6.54 Å². The van der Waals surface area contributed by atoms with Crippen LogP contribution in [0.3, 0.4) is 0 Å². The second-order valence-electron chi connectivity index (χ2n) is 6.21. The summed E-state index contributed by atoms with van der Waals surface area (Å²) < 4.78 is 13.8. The number of amides is 3. The van der Waals surface area contributed by atoms with Gasteiger partial charge >= 0.3 is 6.03 Å². The Bertz CT molecular complexity index is 696. The second-order valence-corrected chi connectivity index (χ2v) is 6.21. The number of carbonyl (C=O) groups is 2. The van der Waals surface area contributed by atoms with Crippen molar-refractivity contribution in [3.63, 3.8) is 0 Å². The first-order chi connectivity index (χ1) is 11.6. The third kappa shape index (κ3) is 3.65. The molecule has 1 aromatic rings.